The van der Waals surface area contributed by atoms with E-state index >= 15 is 0 Å². The van der Waals surface area contributed by atoms with E-state index in [1.165, 1.54) is 0 Å². The van der Waals surface area contributed by atoms with Crippen molar-refractivity contribution in [1.82, 2.24) is 19.7 Å². The molecule has 1 aromatic carbocycles. The third-order valence-corrected chi connectivity index (χ3v) is 4.95. The fourth-order valence-electron chi connectivity index (χ4n) is 3.71. The van der Waals surface area contributed by atoms with Crippen LogP contribution in [0.3, 0.4) is 0 Å². The van der Waals surface area contributed by atoms with Crippen LogP contribution in [0.2, 0.25) is 0 Å². The van der Waals surface area contributed by atoms with E-state index in [1.807, 2.05) is 48.6 Å². The highest BCUT2D eigenvalue weighted by Gasteiger charge is 2.40. The Balaban J connectivity index is 1.53. The fraction of sp³-hybridized carbons (Fsp3) is 0.421. The molecule has 2 atom stereocenters. The molecule has 1 aliphatic rings. The van der Waals surface area contributed by atoms with Gasteiger partial charge in [-0.05, 0) is 12.1 Å². The number of nitrogens with zero attached hydrogens (tertiary/aromatic N) is 4. The van der Waals surface area contributed by atoms with Crippen LogP contribution in [0, 0.1) is 5.92 Å². The minimum Gasteiger partial charge on any atom is -0.424 e. The van der Waals surface area contributed by atoms with Gasteiger partial charge in [0.2, 0.25) is 5.91 Å². The zero-order chi connectivity index (χ0) is 18.8. The second-order valence-electron chi connectivity index (χ2n) is 6.80. The Morgan fingerprint density at radius 2 is 2.22 bits per heavy atom. The van der Waals surface area contributed by atoms with Crippen molar-refractivity contribution in [2.75, 3.05) is 32.1 Å². The van der Waals surface area contributed by atoms with Crippen molar-refractivity contribution >= 4 is 23.0 Å². The standard InChI is InChI=1S/C19H23N5O3/c1-23-12-14(11-21-23)18-13(9-17(25)24(18)7-8-26-2)10-20-19-22-15-5-3-4-6-16(15)27-19/h3-6,11-13,18H,7-10H2,1-2H3,(H,20,22)/t13-,18+/m0/s1. The molecule has 1 N–H and O–H groups in total. The Hall–Kier alpha value is -2.87. The lowest BCUT2D eigenvalue weighted by Crippen LogP contribution is -2.33. The number of methoxy groups -OCH3 is 1. The van der Waals surface area contributed by atoms with Crippen LogP contribution in [0.1, 0.15) is 18.0 Å². The first-order chi connectivity index (χ1) is 13.2. The van der Waals surface area contributed by atoms with Gasteiger partial charge in [0.15, 0.2) is 5.58 Å². The second kappa shape index (κ2) is 7.40. The Bertz CT molecular complexity index is 901. The van der Waals surface area contributed by atoms with Gasteiger partial charge in [0.1, 0.15) is 5.52 Å². The highest BCUT2D eigenvalue weighted by atomic mass is 16.5. The van der Waals surface area contributed by atoms with Crippen molar-refractivity contribution < 1.29 is 13.9 Å². The molecule has 1 aliphatic heterocycles. The summed E-state index contributed by atoms with van der Waals surface area (Å²) >= 11 is 0. The highest BCUT2D eigenvalue weighted by molar-refractivity contribution is 5.80. The summed E-state index contributed by atoms with van der Waals surface area (Å²) in [6.45, 7) is 1.66. The predicted octanol–water partition coefficient (Wildman–Crippen LogP) is 2.21. The summed E-state index contributed by atoms with van der Waals surface area (Å²) in [5.41, 5.74) is 2.59. The molecule has 2 aromatic heterocycles. The number of aryl methyl sites for hydroxylation is 1. The van der Waals surface area contributed by atoms with Gasteiger partial charge in [-0.3, -0.25) is 9.48 Å². The van der Waals surface area contributed by atoms with Crippen LogP contribution in [0.25, 0.3) is 11.1 Å². The summed E-state index contributed by atoms with van der Waals surface area (Å²) in [4.78, 5) is 18.9. The summed E-state index contributed by atoms with van der Waals surface area (Å²) < 4.78 is 12.7. The maximum Gasteiger partial charge on any atom is 0.295 e. The van der Waals surface area contributed by atoms with Crippen LogP contribution in [0.15, 0.2) is 41.1 Å². The van der Waals surface area contributed by atoms with E-state index in [4.69, 9.17) is 9.15 Å². The van der Waals surface area contributed by atoms with Crippen LogP contribution in [0.4, 0.5) is 6.01 Å². The van der Waals surface area contributed by atoms with Crippen LogP contribution < -0.4 is 5.32 Å². The maximum absolute atomic E-state index is 12.6. The lowest BCUT2D eigenvalue weighted by atomic mass is 9.95. The van der Waals surface area contributed by atoms with Crippen molar-refractivity contribution in [3.05, 3.63) is 42.2 Å². The number of oxazole rings is 1. The zero-order valence-electron chi connectivity index (χ0n) is 15.5. The number of fused-ring (bicyclic) bond motifs is 1. The Labute approximate surface area is 157 Å². The molecule has 142 valence electrons. The number of nitrogens with one attached hydrogen (secondary N) is 1. The smallest absolute Gasteiger partial charge is 0.295 e. The molecule has 3 heterocycles. The van der Waals surface area contributed by atoms with Gasteiger partial charge in [-0.25, -0.2) is 0 Å². The number of aromatic nitrogens is 3. The molecule has 8 nitrogen and oxygen atoms in total. The molecular weight excluding hydrogens is 346 g/mol. The third kappa shape index (κ3) is 3.52. The summed E-state index contributed by atoms with van der Waals surface area (Å²) in [6.07, 6.45) is 4.27. The quantitative estimate of drug-likeness (QED) is 0.687. The molecule has 0 bridgehead atoms. The zero-order valence-corrected chi connectivity index (χ0v) is 15.5. The topological polar surface area (TPSA) is 85.4 Å². The van der Waals surface area contributed by atoms with E-state index in [0.29, 0.717) is 32.1 Å². The largest absolute Gasteiger partial charge is 0.424 e. The normalized spacial score (nSPS) is 19.9. The lowest BCUT2D eigenvalue weighted by molar-refractivity contribution is -0.129. The number of amides is 1. The van der Waals surface area contributed by atoms with Crippen molar-refractivity contribution in [3.8, 4) is 0 Å². The van der Waals surface area contributed by atoms with Gasteiger partial charge in [-0.2, -0.15) is 10.1 Å². The SMILES string of the molecule is COCCN1C(=O)C[C@@H](CNc2nc3ccccc3o2)[C@@H]1c1cnn(C)c1. The van der Waals surface area contributed by atoms with Crippen molar-refractivity contribution in [2.24, 2.45) is 13.0 Å². The molecular formula is C19H23N5O3. The third-order valence-electron chi connectivity index (χ3n) is 4.95. The number of anilines is 1. The molecule has 4 rings (SSSR count). The first-order valence-corrected chi connectivity index (χ1v) is 9.02. The number of likely N-dealkylation sites (tertiary alicyclic amines) is 1. The number of para-hydroxylation sites is 2. The van der Waals surface area contributed by atoms with Gasteiger partial charge in [0.25, 0.3) is 6.01 Å². The lowest BCUT2D eigenvalue weighted by Gasteiger charge is -2.27. The van der Waals surface area contributed by atoms with E-state index in [9.17, 15) is 4.79 Å². The van der Waals surface area contributed by atoms with E-state index in [2.05, 4.69) is 15.4 Å². The van der Waals surface area contributed by atoms with Gasteiger partial charge in [-0.1, -0.05) is 12.1 Å². The monoisotopic (exact) mass is 369 g/mol. The molecule has 27 heavy (non-hydrogen) atoms. The predicted molar refractivity (Wildman–Crippen MR) is 100 cm³/mol. The molecule has 0 spiro atoms. The fourth-order valence-corrected chi connectivity index (χ4v) is 3.71. The van der Waals surface area contributed by atoms with Crippen LogP contribution >= 0.6 is 0 Å². The molecule has 1 saturated heterocycles. The molecule has 0 radical (unpaired) electrons. The van der Waals surface area contributed by atoms with Gasteiger partial charge in [-0.15, -0.1) is 0 Å². The maximum atomic E-state index is 12.6. The van der Waals surface area contributed by atoms with E-state index in [0.717, 1.165) is 16.7 Å². The van der Waals surface area contributed by atoms with Gasteiger partial charge in [0.05, 0.1) is 18.8 Å². The summed E-state index contributed by atoms with van der Waals surface area (Å²) in [5.74, 6) is 0.221. The Morgan fingerprint density at radius 3 is 2.96 bits per heavy atom. The van der Waals surface area contributed by atoms with E-state index in [-0.39, 0.29) is 17.9 Å². The van der Waals surface area contributed by atoms with Crippen LogP contribution in [0.5, 0.6) is 0 Å². The minimum absolute atomic E-state index is 0.0433. The van der Waals surface area contributed by atoms with Gasteiger partial charge >= 0.3 is 0 Å². The van der Waals surface area contributed by atoms with Crippen molar-refractivity contribution in [3.63, 3.8) is 0 Å². The molecule has 3 aromatic rings. The molecule has 8 heteroatoms. The van der Waals surface area contributed by atoms with Crippen molar-refractivity contribution in [1.29, 1.82) is 0 Å². The minimum atomic E-state index is -0.0433. The van der Waals surface area contributed by atoms with E-state index in [1.54, 1.807) is 11.8 Å². The Kier molecular flexibility index (Phi) is 4.81. The number of rotatable bonds is 7. The van der Waals surface area contributed by atoms with Gasteiger partial charge in [0, 0.05) is 51.3 Å². The highest BCUT2D eigenvalue weighted by Crippen LogP contribution is 2.38. The van der Waals surface area contributed by atoms with Crippen LogP contribution in [-0.2, 0) is 16.6 Å². The molecule has 1 fully saturated rings. The van der Waals surface area contributed by atoms with Gasteiger partial charge < -0.3 is 19.4 Å². The number of benzene rings is 1. The molecule has 1 amide bonds. The van der Waals surface area contributed by atoms with Crippen molar-refractivity contribution in [2.45, 2.75) is 12.5 Å². The number of hydrogen-bond acceptors (Lipinski definition) is 6. The molecule has 0 unspecified atom stereocenters. The molecule has 0 aliphatic carbocycles. The first kappa shape index (κ1) is 17.5. The number of hydrogen-bond donors (Lipinski definition) is 1. The average molecular weight is 369 g/mol. The first-order valence-electron chi connectivity index (χ1n) is 9.02. The molecule has 0 saturated carbocycles. The number of ether oxygens (including phenoxy) is 1. The summed E-state index contributed by atoms with van der Waals surface area (Å²) in [6, 6.07) is 8.07. The summed E-state index contributed by atoms with van der Waals surface area (Å²) in [7, 11) is 3.53. The second-order valence-corrected chi connectivity index (χ2v) is 6.80. The summed E-state index contributed by atoms with van der Waals surface area (Å²) in [5, 5.41) is 7.54. The Morgan fingerprint density at radius 1 is 1.37 bits per heavy atom. The number of carbonyl (C=O) groups is 1. The number of carbonyl (C=O) groups excluding carboxylic acids is 1. The van der Waals surface area contributed by atoms with Crippen LogP contribution in [-0.4, -0.2) is 52.4 Å². The van der Waals surface area contributed by atoms with E-state index < -0.39 is 0 Å². The average Bonchev–Trinajstić information content (AvgIpc) is 3.34.